The van der Waals surface area contributed by atoms with Crippen molar-refractivity contribution in [2.75, 3.05) is 13.1 Å². The first-order valence-electron chi connectivity index (χ1n) is 6.38. The first-order chi connectivity index (χ1) is 7.82. The zero-order valence-electron chi connectivity index (χ0n) is 11.7. The van der Waals surface area contributed by atoms with Crippen molar-refractivity contribution in [3.8, 4) is 0 Å². The highest BCUT2D eigenvalue weighted by Crippen LogP contribution is 2.11. The number of amides is 2. The molecule has 0 fully saturated rings. The van der Waals surface area contributed by atoms with Crippen LogP contribution in [-0.2, 0) is 9.59 Å². The van der Waals surface area contributed by atoms with E-state index in [-0.39, 0.29) is 23.1 Å². The normalized spacial score (nSPS) is 11.4. The van der Waals surface area contributed by atoms with E-state index in [2.05, 4.69) is 10.6 Å². The third-order valence-electron chi connectivity index (χ3n) is 2.75. The molecule has 0 aliphatic rings. The predicted molar refractivity (Wildman–Crippen MR) is 69.5 cm³/mol. The smallest absolute Gasteiger partial charge is 0.225 e. The SMILES string of the molecule is CCC(CC)C(=O)NCCNC(=O)C(C)(C)C. The summed E-state index contributed by atoms with van der Waals surface area (Å²) in [5.74, 6) is 0.183. The minimum Gasteiger partial charge on any atom is -0.354 e. The van der Waals surface area contributed by atoms with Crippen LogP contribution in [0.1, 0.15) is 47.5 Å². The van der Waals surface area contributed by atoms with Crippen LogP contribution in [0.15, 0.2) is 0 Å². The lowest BCUT2D eigenvalue weighted by Gasteiger charge is -2.18. The second-order valence-corrected chi connectivity index (χ2v) is 5.31. The van der Waals surface area contributed by atoms with Gasteiger partial charge >= 0.3 is 0 Å². The summed E-state index contributed by atoms with van der Waals surface area (Å²) >= 11 is 0. The van der Waals surface area contributed by atoms with E-state index in [4.69, 9.17) is 0 Å². The maximum absolute atomic E-state index is 11.6. The number of hydrogen-bond donors (Lipinski definition) is 2. The van der Waals surface area contributed by atoms with Gasteiger partial charge in [0.15, 0.2) is 0 Å². The maximum atomic E-state index is 11.6. The van der Waals surface area contributed by atoms with E-state index >= 15 is 0 Å². The molecular formula is C13H26N2O2. The summed E-state index contributed by atoms with van der Waals surface area (Å²) in [5, 5.41) is 5.64. The van der Waals surface area contributed by atoms with Crippen molar-refractivity contribution < 1.29 is 9.59 Å². The van der Waals surface area contributed by atoms with E-state index in [1.807, 2.05) is 34.6 Å². The Balaban J connectivity index is 3.79. The summed E-state index contributed by atoms with van der Waals surface area (Å²) in [7, 11) is 0. The predicted octanol–water partition coefficient (Wildman–Crippen LogP) is 1.70. The number of carbonyl (C=O) groups is 2. The molecule has 2 amide bonds. The average molecular weight is 242 g/mol. The molecule has 0 aliphatic heterocycles. The fraction of sp³-hybridized carbons (Fsp3) is 0.846. The second kappa shape index (κ2) is 7.30. The molecule has 0 rings (SSSR count). The van der Waals surface area contributed by atoms with E-state index < -0.39 is 0 Å². The Morgan fingerprint density at radius 3 is 1.88 bits per heavy atom. The molecule has 2 N–H and O–H groups in total. The van der Waals surface area contributed by atoms with Gasteiger partial charge in [-0.05, 0) is 12.8 Å². The quantitative estimate of drug-likeness (QED) is 0.697. The van der Waals surface area contributed by atoms with Crippen molar-refractivity contribution in [3.05, 3.63) is 0 Å². The fourth-order valence-corrected chi connectivity index (χ4v) is 1.43. The van der Waals surface area contributed by atoms with Crippen LogP contribution in [0.25, 0.3) is 0 Å². The Bertz CT molecular complexity index is 253. The van der Waals surface area contributed by atoms with Gasteiger partial charge in [0.05, 0.1) is 0 Å². The first kappa shape index (κ1) is 15.9. The molecule has 0 radical (unpaired) electrons. The lowest BCUT2D eigenvalue weighted by Crippen LogP contribution is -2.41. The molecule has 0 atom stereocenters. The largest absolute Gasteiger partial charge is 0.354 e. The number of hydrogen-bond acceptors (Lipinski definition) is 2. The zero-order chi connectivity index (χ0) is 13.5. The van der Waals surface area contributed by atoms with Crippen molar-refractivity contribution in [1.29, 1.82) is 0 Å². The molecule has 0 heterocycles. The highest BCUT2D eigenvalue weighted by molar-refractivity contribution is 5.81. The maximum Gasteiger partial charge on any atom is 0.225 e. The highest BCUT2D eigenvalue weighted by atomic mass is 16.2. The first-order valence-corrected chi connectivity index (χ1v) is 6.38. The van der Waals surface area contributed by atoms with Crippen LogP contribution in [0.4, 0.5) is 0 Å². The minimum absolute atomic E-state index is 0.00859. The lowest BCUT2D eigenvalue weighted by molar-refractivity contribution is -0.129. The molecule has 0 aromatic heterocycles. The number of rotatable bonds is 6. The summed E-state index contributed by atoms with van der Waals surface area (Å²) in [4.78, 5) is 23.2. The standard InChI is InChI=1S/C13H26N2O2/c1-6-10(7-2)11(16)14-8-9-15-12(17)13(3,4)5/h10H,6-9H2,1-5H3,(H,14,16)(H,15,17). The molecule has 0 spiro atoms. The van der Waals surface area contributed by atoms with Crippen molar-refractivity contribution in [2.24, 2.45) is 11.3 Å². The zero-order valence-corrected chi connectivity index (χ0v) is 11.7. The second-order valence-electron chi connectivity index (χ2n) is 5.31. The van der Waals surface area contributed by atoms with Crippen molar-refractivity contribution in [1.82, 2.24) is 10.6 Å². The van der Waals surface area contributed by atoms with Crippen LogP contribution in [0.2, 0.25) is 0 Å². The molecule has 100 valence electrons. The molecule has 0 bridgehead atoms. The van der Waals surface area contributed by atoms with Gasteiger partial charge in [0.2, 0.25) is 11.8 Å². The summed E-state index contributed by atoms with van der Waals surface area (Å²) in [6.45, 7) is 10.6. The van der Waals surface area contributed by atoms with Crippen molar-refractivity contribution >= 4 is 11.8 Å². The monoisotopic (exact) mass is 242 g/mol. The molecule has 0 aliphatic carbocycles. The van der Waals surface area contributed by atoms with Crippen LogP contribution in [-0.4, -0.2) is 24.9 Å². The third kappa shape index (κ3) is 6.29. The Kier molecular flexibility index (Phi) is 6.85. The molecule has 4 heteroatoms. The van der Waals surface area contributed by atoms with Crippen LogP contribution in [0.5, 0.6) is 0 Å². The molecule has 0 saturated carbocycles. The van der Waals surface area contributed by atoms with E-state index in [0.717, 1.165) is 12.8 Å². The van der Waals surface area contributed by atoms with E-state index in [9.17, 15) is 9.59 Å². The van der Waals surface area contributed by atoms with Crippen molar-refractivity contribution in [3.63, 3.8) is 0 Å². The van der Waals surface area contributed by atoms with E-state index in [1.165, 1.54) is 0 Å². The third-order valence-corrected chi connectivity index (χ3v) is 2.75. The van der Waals surface area contributed by atoms with Crippen LogP contribution in [0, 0.1) is 11.3 Å². The average Bonchev–Trinajstić information content (AvgIpc) is 2.24. The van der Waals surface area contributed by atoms with Crippen LogP contribution >= 0.6 is 0 Å². The summed E-state index contributed by atoms with van der Waals surface area (Å²) in [5.41, 5.74) is -0.376. The molecule has 4 nitrogen and oxygen atoms in total. The van der Waals surface area contributed by atoms with E-state index in [0.29, 0.717) is 13.1 Å². The molecular weight excluding hydrogens is 216 g/mol. The Labute approximate surface area is 105 Å². The Morgan fingerprint density at radius 1 is 1.00 bits per heavy atom. The van der Waals surface area contributed by atoms with Gasteiger partial charge in [-0.1, -0.05) is 34.6 Å². The lowest BCUT2D eigenvalue weighted by atomic mass is 9.96. The van der Waals surface area contributed by atoms with Gasteiger partial charge in [0.1, 0.15) is 0 Å². The highest BCUT2D eigenvalue weighted by Gasteiger charge is 2.20. The van der Waals surface area contributed by atoms with Gasteiger partial charge in [-0.2, -0.15) is 0 Å². The molecule has 0 aromatic rings. The molecule has 0 unspecified atom stereocenters. The van der Waals surface area contributed by atoms with Crippen molar-refractivity contribution in [2.45, 2.75) is 47.5 Å². The fourth-order valence-electron chi connectivity index (χ4n) is 1.43. The summed E-state index contributed by atoms with van der Waals surface area (Å²) in [6, 6.07) is 0. The van der Waals surface area contributed by atoms with Crippen LogP contribution < -0.4 is 10.6 Å². The van der Waals surface area contributed by atoms with Gasteiger partial charge in [0.25, 0.3) is 0 Å². The number of nitrogens with one attached hydrogen (secondary N) is 2. The summed E-state index contributed by atoms with van der Waals surface area (Å²) < 4.78 is 0. The number of carbonyl (C=O) groups excluding carboxylic acids is 2. The Hall–Kier alpha value is -1.06. The van der Waals surface area contributed by atoms with Gasteiger partial charge in [0, 0.05) is 24.4 Å². The minimum atomic E-state index is -0.376. The molecule has 17 heavy (non-hydrogen) atoms. The summed E-state index contributed by atoms with van der Waals surface area (Å²) in [6.07, 6.45) is 1.72. The van der Waals surface area contributed by atoms with Crippen LogP contribution in [0.3, 0.4) is 0 Å². The van der Waals surface area contributed by atoms with Gasteiger partial charge in [-0.15, -0.1) is 0 Å². The van der Waals surface area contributed by atoms with E-state index in [1.54, 1.807) is 0 Å². The topological polar surface area (TPSA) is 58.2 Å². The van der Waals surface area contributed by atoms with Gasteiger partial charge < -0.3 is 10.6 Å². The van der Waals surface area contributed by atoms with Gasteiger partial charge in [-0.25, -0.2) is 0 Å². The molecule has 0 aromatic carbocycles. The van der Waals surface area contributed by atoms with Gasteiger partial charge in [-0.3, -0.25) is 9.59 Å². The Morgan fingerprint density at radius 2 is 1.47 bits per heavy atom. The molecule has 0 saturated heterocycles.